The molecule has 0 N–H and O–H groups in total. The number of para-hydroxylation sites is 1. The lowest BCUT2D eigenvalue weighted by molar-refractivity contribution is -0.385. The molecule has 0 radical (unpaired) electrons. The lowest BCUT2D eigenvalue weighted by Crippen LogP contribution is -2.51. The lowest BCUT2D eigenvalue weighted by atomic mass is 10.1. The number of nitro benzene ring substituents is 1. The number of rotatable bonds is 5. The Hall–Kier alpha value is -2.99. The summed E-state index contributed by atoms with van der Waals surface area (Å²) in [6, 6.07) is 9.74. The third-order valence-electron chi connectivity index (χ3n) is 4.93. The minimum atomic E-state index is -4.83. The van der Waals surface area contributed by atoms with Crippen LogP contribution in [0.1, 0.15) is 11.1 Å². The fraction of sp³-hybridized carbons (Fsp3) is 0.316. The zero-order valence-corrected chi connectivity index (χ0v) is 16.9. The maximum atomic E-state index is 13.2. The molecule has 1 heterocycles. The molecule has 166 valence electrons. The van der Waals surface area contributed by atoms with E-state index in [1.54, 1.807) is 6.07 Å². The molecule has 0 unspecified atom stereocenters. The first-order chi connectivity index (χ1) is 14.5. The average molecular weight is 457 g/mol. The highest BCUT2D eigenvalue weighted by Gasteiger charge is 2.39. The molecule has 2 aromatic carbocycles. The number of carbonyl (C=O) groups excluding carboxylic acids is 1. The Kier molecular flexibility index (Phi) is 6.32. The molecule has 1 saturated heterocycles. The average Bonchev–Trinajstić information content (AvgIpc) is 2.73. The predicted octanol–water partition coefficient (Wildman–Crippen LogP) is 2.69. The molecule has 0 saturated carbocycles. The van der Waals surface area contributed by atoms with Crippen molar-refractivity contribution in [3.63, 3.8) is 0 Å². The molecule has 1 aliphatic heterocycles. The first kappa shape index (κ1) is 22.7. The lowest BCUT2D eigenvalue weighted by Gasteiger charge is -2.34. The third-order valence-corrected chi connectivity index (χ3v) is 6.89. The van der Waals surface area contributed by atoms with E-state index >= 15 is 0 Å². The van der Waals surface area contributed by atoms with Crippen molar-refractivity contribution in [3.05, 3.63) is 69.8 Å². The maximum absolute atomic E-state index is 13.2. The van der Waals surface area contributed by atoms with E-state index in [0.717, 1.165) is 16.4 Å². The van der Waals surface area contributed by atoms with Crippen LogP contribution in [0.3, 0.4) is 0 Å². The number of benzene rings is 2. The molecular formula is C19H18F3N3O5S. The molecule has 0 spiro atoms. The van der Waals surface area contributed by atoms with Gasteiger partial charge in [-0.3, -0.25) is 14.9 Å². The summed E-state index contributed by atoms with van der Waals surface area (Å²) in [6.45, 7) is -0.436. The summed E-state index contributed by atoms with van der Waals surface area (Å²) in [7, 11) is -4.42. The minimum absolute atomic E-state index is 0.0348. The molecule has 0 aliphatic carbocycles. The van der Waals surface area contributed by atoms with Crippen LogP contribution in [-0.4, -0.2) is 54.6 Å². The van der Waals surface area contributed by atoms with E-state index in [-0.39, 0.29) is 43.9 Å². The van der Waals surface area contributed by atoms with Crippen LogP contribution < -0.4 is 0 Å². The Balaban J connectivity index is 1.71. The Labute approximate surface area is 176 Å². The second-order valence-electron chi connectivity index (χ2n) is 6.84. The van der Waals surface area contributed by atoms with Crippen LogP contribution in [0.4, 0.5) is 18.9 Å². The molecule has 1 fully saturated rings. The second-order valence-corrected chi connectivity index (χ2v) is 8.75. The van der Waals surface area contributed by atoms with Gasteiger partial charge in [0.25, 0.3) is 5.69 Å². The fourth-order valence-corrected chi connectivity index (χ4v) is 4.99. The normalized spacial score (nSPS) is 15.6. The van der Waals surface area contributed by atoms with E-state index in [1.165, 1.54) is 29.2 Å². The van der Waals surface area contributed by atoms with Gasteiger partial charge in [0, 0.05) is 37.8 Å². The van der Waals surface area contributed by atoms with Crippen molar-refractivity contribution in [2.75, 3.05) is 26.2 Å². The summed E-state index contributed by atoms with van der Waals surface area (Å²) in [5.41, 5.74) is -1.21. The van der Waals surface area contributed by atoms with Gasteiger partial charge in [0.15, 0.2) is 0 Å². The highest BCUT2D eigenvalue weighted by Crippen LogP contribution is 2.35. The van der Waals surface area contributed by atoms with Gasteiger partial charge in [-0.15, -0.1) is 0 Å². The Bertz CT molecular complexity index is 1100. The quantitative estimate of drug-likeness (QED) is 0.508. The zero-order valence-electron chi connectivity index (χ0n) is 16.1. The van der Waals surface area contributed by atoms with Crippen molar-refractivity contribution < 1.29 is 31.3 Å². The van der Waals surface area contributed by atoms with E-state index in [9.17, 15) is 36.5 Å². The largest absolute Gasteiger partial charge is 0.417 e. The number of piperazine rings is 1. The van der Waals surface area contributed by atoms with Gasteiger partial charge in [-0.05, 0) is 12.1 Å². The summed E-state index contributed by atoms with van der Waals surface area (Å²) in [6.07, 6.45) is -5.06. The SMILES string of the molecule is O=C(Cc1ccccc1[N+](=O)[O-])N1CCN(S(=O)(=O)c2ccccc2C(F)(F)F)CC1. The number of hydrogen-bond acceptors (Lipinski definition) is 5. The molecule has 2 aromatic rings. The van der Waals surface area contributed by atoms with Gasteiger partial charge in [-0.25, -0.2) is 8.42 Å². The second kappa shape index (κ2) is 8.63. The number of carbonyl (C=O) groups is 1. The topological polar surface area (TPSA) is 101 Å². The zero-order chi connectivity index (χ0) is 22.8. The first-order valence-corrected chi connectivity index (χ1v) is 10.6. The number of nitrogens with zero attached hydrogens (tertiary/aromatic N) is 3. The maximum Gasteiger partial charge on any atom is 0.417 e. The summed E-state index contributed by atoms with van der Waals surface area (Å²) in [5, 5.41) is 11.1. The van der Waals surface area contributed by atoms with Crippen molar-refractivity contribution in [1.82, 2.24) is 9.21 Å². The summed E-state index contributed by atoms with van der Waals surface area (Å²) in [4.78, 5) is 23.6. The highest BCUT2D eigenvalue weighted by atomic mass is 32.2. The molecule has 3 rings (SSSR count). The van der Waals surface area contributed by atoms with Crippen molar-refractivity contribution in [2.24, 2.45) is 0 Å². The molecule has 1 aliphatic rings. The van der Waals surface area contributed by atoms with Crippen LogP contribution in [0.15, 0.2) is 53.4 Å². The molecule has 1 amide bonds. The summed E-state index contributed by atoms with van der Waals surface area (Å²) in [5.74, 6) is -0.429. The fourth-order valence-electron chi connectivity index (χ4n) is 3.36. The number of nitro groups is 1. The standard InChI is InChI=1S/C19H18F3N3O5S/c20-19(21,22)15-6-2-4-8-17(15)31(29,30)24-11-9-23(10-12-24)18(26)13-14-5-1-3-7-16(14)25(27)28/h1-8H,9-13H2. The van der Waals surface area contributed by atoms with Crippen molar-refractivity contribution in [1.29, 1.82) is 0 Å². The van der Waals surface area contributed by atoms with Crippen LogP contribution in [0.2, 0.25) is 0 Å². The third kappa shape index (κ3) is 4.85. The number of sulfonamides is 1. The van der Waals surface area contributed by atoms with Crippen molar-refractivity contribution >= 4 is 21.6 Å². The highest BCUT2D eigenvalue weighted by molar-refractivity contribution is 7.89. The van der Waals surface area contributed by atoms with Crippen molar-refractivity contribution in [3.8, 4) is 0 Å². The van der Waals surface area contributed by atoms with E-state index in [0.29, 0.717) is 6.07 Å². The van der Waals surface area contributed by atoms with Gasteiger partial charge < -0.3 is 4.90 Å². The molecule has 12 heteroatoms. The van der Waals surface area contributed by atoms with E-state index < -0.39 is 37.5 Å². The van der Waals surface area contributed by atoms with Gasteiger partial charge in [0.05, 0.1) is 21.8 Å². The van der Waals surface area contributed by atoms with E-state index in [4.69, 9.17) is 0 Å². The minimum Gasteiger partial charge on any atom is -0.340 e. The van der Waals surface area contributed by atoms with Gasteiger partial charge in [0.1, 0.15) is 0 Å². The summed E-state index contributed by atoms with van der Waals surface area (Å²) >= 11 is 0. The molecular weight excluding hydrogens is 439 g/mol. The number of alkyl halides is 3. The van der Waals surface area contributed by atoms with Crippen molar-refractivity contribution in [2.45, 2.75) is 17.5 Å². The number of halogens is 3. The Morgan fingerprint density at radius 2 is 1.58 bits per heavy atom. The smallest absolute Gasteiger partial charge is 0.340 e. The van der Waals surface area contributed by atoms with Crippen LogP contribution in [0.25, 0.3) is 0 Å². The van der Waals surface area contributed by atoms with Crippen LogP contribution in [0, 0.1) is 10.1 Å². The molecule has 0 atom stereocenters. The molecule has 31 heavy (non-hydrogen) atoms. The molecule has 0 bridgehead atoms. The number of hydrogen-bond donors (Lipinski definition) is 0. The van der Waals surface area contributed by atoms with Crippen LogP contribution >= 0.6 is 0 Å². The summed E-state index contributed by atoms with van der Waals surface area (Å²) < 4.78 is 66.2. The van der Waals surface area contributed by atoms with Crippen LogP contribution in [0.5, 0.6) is 0 Å². The van der Waals surface area contributed by atoms with E-state index in [2.05, 4.69) is 0 Å². The first-order valence-electron chi connectivity index (χ1n) is 9.18. The monoisotopic (exact) mass is 457 g/mol. The van der Waals surface area contributed by atoms with Gasteiger partial charge in [-0.2, -0.15) is 17.5 Å². The van der Waals surface area contributed by atoms with Gasteiger partial charge in [0.2, 0.25) is 15.9 Å². The number of amides is 1. The van der Waals surface area contributed by atoms with E-state index in [1.807, 2.05) is 0 Å². The molecule has 0 aromatic heterocycles. The Morgan fingerprint density at radius 3 is 2.19 bits per heavy atom. The molecule has 8 nitrogen and oxygen atoms in total. The predicted molar refractivity (Wildman–Crippen MR) is 104 cm³/mol. The van der Waals surface area contributed by atoms with Gasteiger partial charge >= 0.3 is 6.18 Å². The Morgan fingerprint density at radius 1 is 1.00 bits per heavy atom. The van der Waals surface area contributed by atoms with Crippen LogP contribution in [-0.2, 0) is 27.4 Å². The van der Waals surface area contributed by atoms with Gasteiger partial charge in [-0.1, -0.05) is 30.3 Å².